The summed E-state index contributed by atoms with van der Waals surface area (Å²) in [5.74, 6) is 0. The summed E-state index contributed by atoms with van der Waals surface area (Å²) in [6.45, 7) is 9.08. The second-order valence-electron chi connectivity index (χ2n) is 8.99. The van der Waals surface area contributed by atoms with E-state index in [2.05, 4.69) is 75.5 Å². The number of thiophene rings is 3. The molecule has 0 aliphatic rings. The smallest absolute Gasteiger partial charge is 0.0880 e. The number of pyridine rings is 1. The first-order chi connectivity index (χ1) is 14.4. The summed E-state index contributed by atoms with van der Waals surface area (Å²) in [6.07, 6.45) is 1.97. The fourth-order valence-corrected chi connectivity index (χ4v) is 7.64. The maximum Gasteiger partial charge on any atom is 0.0880 e. The Hall–Kier alpha value is -2.27. The van der Waals surface area contributed by atoms with Crippen LogP contribution in [0.15, 0.2) is 54.0 Å². The van der Waals surface area contributed by atoms with Crippen LogP contribution in [0.2, 0.25) is 0 Å². The number of hydrogen-bond donors (Lipinski definition) is 0. The van der Waals surface area contributed by atoms with Crippen molar-refractivity contribution in [3.05, 3.63) is 64.5 Å². The van der Waals surface area contributed by atoms with Crippen LogP contribution in [0.1, 0.15) is 31.2 Å². The third-order valence-corrected chi connectivity index (χ3v) is 8.93. The second kappa shape index (κ2) is 6.36. The van der Waals surface area contributed by atoms with Gasteiger partial charge in [-0.15, -0.1) is 34.0 Å². The molecule has 0 amide bonds. The largest absolute Gasteiger partial charge is 0.255 e. The van der Waals surface area contributed by atoms with Crippen molar-refractivity contribution in [2.24, 2.45) is 0 Å². The number of aromatic nitrogens is 1. The van der Waals surface area contributed by atoms with Crippen LogP contribution in [-0.2, 0) is 5.41 Å². The van der Waals surface area contributed by atoms with Crippen molar-refractivity contribution in [3.63, 3.8) is 0 Å². The first kappa shape index (κ1) is 18.5. The second-order valence-corrected chi connectivity index (χ2v) is 12.3. The molecule has 4 heteroatoms. The Morgan fingerprint density at radius 2 is 1.67 bits per heavy atom. The Balaban J connectivity index is 1.66. The maximum absolute atomic E-state index is 4.87. The normalized spacial score (nSPS) is 12.7. The fraction of sp³-hybridized carbons (Fsp3) is 0.192. The van der Waals surface area contributed by atoms with Gasteiger partial charge in [0.15, 0.2) is 0 Å². The topological polar surface area (TPSA) is 12.9 Å². The lowest BCUT2D eigenvalue weighted by molar-refractivity contribution is 0.597. The van der Waals surface area contributed by atoms with Crippen molar-refractivity contribution in [1.82, 2.24) is 4.98 Å². The molecular weight excluding hydrogens is 422 g/mol. The van der Waals surface area contributed by atoms with Crippen molar-refractivity contribution in [3.8, 4) is 11.3 Å². The highest BCUT2D eigenvalue weighted by atomic mass is 32.1. The van der Waals surface area contributed by atoms with E-state index in [9.17, 15) is 0 Å². The Morgan fingerprint density at radius 3 is 2.50 bits per heavy atom. The molecule has 6 rings (SSSR count). The lowest BCUT2D eigenvalue weighted by atomic mass is 9.85. The molecular formula is C26H21NS3. The van der Waals surface area contributed by atoms with Crippen LogP contribution in [0.3, 0.4) is 0 Å². The van der Waals surface area contributed by atoms with E-state index in [1.807, 2.05) is 40.2 Å². The van der Waals surface area contributed by atoms with Gasteiger partial charge in [0.25, 0.3) is 0 Å². The third kappa shape index (κ3) is 2.74. The average Bonchev–Trinajstić information content (AvgIpc) is 3.39. The molecule has 0 fully saturated rings. The molecule has 4 aromatic heterocycles. The molecule has 0 bridgehead atoms. The van der Waals surface area contributed by atoms with Crippen molar-refractivity contribution < 1.29 is 0 Å². The lowest BCUT2D eigenvalue weighted by Gasteiger charge is -2.21. The standard InChI is InChI=1S/C26H21NS3/c1-14-9-16-12-22-19(13-21(16)29-14)18-5-7-27-23(25(18)30-22)17-10-15-6-8-28-24(15)20(11-17)26(2,3)4/h5-13H,1-4H3. The minimum atomic E-state index is 0.0927. The average molecular weight is 444 g/mol. The number of benzene rings is 2. The first-order valence-corrected chi connectivity index (χ1v) is 12.6. The molecule has 2 aromatic carbocycles. The molecule has 0 unspecified atom stereocenters. The molecule has 0 radical (unpaired) electrons. The van der Waals surface area contributed by atoms with E-state index in [0.29, 0.717) is 0 Å². The summed E-state index contributed by atoms with van der Waals surface area (Å²) < 4.78 is 5.40. The van der Waals surface area contributed by atoms with Gasteiger partial charge in [-0.1, -0.05) is 20.8 Å². The van der Waals surface area contributed by atoms with E-state index < -0.39 is 0 Å². The zero-order valence-electron chi connectivity index (χ0n) is 17.4. The summed E-state index contributed by atoms with van der Waals surface area (Å²) in [4.78, 5) is 6.24. The number of hydrogen-bond acceptors (Lipinski definition) is 4. The van der Waals surface area contributed by atoms with E-state index in [1.165, 1.54) is 56.3 Å². The van der Waals surface area contributed by atoms with Crippen molar-refractivity contribution in [2.45, 2.75) is 33.1 Å². The van der Waals surface area contributed by atoms with E-state index in [4.69, 9.17) is 4.98 Å². The molecule has 30 heavy (non-hydrogen) atoms. The molecule has 0 aliphatic heterocycles. The van der Waals surface area contributed by atoms with Gasteiger partial charge < -0.3 is 0 Å². The Kier molecular flexibility index (Phi) is 3.92. The zero-order valence-corrected chi connectivity index (χ0v) is 19.8. The molecule has 4 heterocycles. The number of aryl methyl sites for hydroxylation is 1. The Labute approximate surface area is 187 Å². The monoisotopic (exact) mass is 443 g/mol. The van der Waals surface area contributed by atoms with Crippen LogP contribution in [0, 0.1) is 6.92 Å². The molecule has 6 aromatic rings. The molecule has 0 aliphatic carbocycles. The molecule has 0 N–H and O–H groups in total. The maximum atomic E-state index is 4.87. The summed E-state index contributed by atoms with van der Waals surface area (Å²) >= 11 is 5.59. The molecule has 0 saturated heterocycles. The van der Waals surface area contributed by atoms with Crippen LogP contribution < -0.4 is 0 Å². The zero-order chi connectivity index (χ0) is 20.6. The number of nitrogens with zero attached hydrogens (tertiary/aromatic N) is 1. The van der Waals surface area contributed by atoms with Crippen molar-refractivity contribution in [2.75, 3.05) is 0 Å². The fourth-order valence-electron chi connectivity index (χ4n) is 4.35. The SMILES string of the molecule is Cc1cc2cc3sc4c(-c5cc(C(C)(C)C)c6sccc6c5)nccc4c3cc2s1. The Bertz CT molecular complexity index is 1590. The van der Waals surface area contributed by atoms with Crippen LogP contribution >= 0.6 is 34.0 Å². The van der Waals surface area contributed by atoms with Gasteiger partial charge in [-0.3, -0.25) is 4.98 Å². The lowest BCUT2D eigenvalue weighted by Crippen LogP contribution is -2.11. The van der Waals surface area contributed by atoms with Gasteiger partial charge in [-0.2, -0.15) is 0 Å². The highest BCUT2D eigenvalue weighted by molar-refractivity contribution is 7.26. The van der Waals surface area contributed by atoms with Crippen LogP contribution in [-0.4, -0.2) is 4.98 Å². The van der Waals surface area contributed by atoms with Crippen LogP contribution in [0.5, 0.6) is 0 Å². The first-order valence-electron chi connectivity index (χ1n) is 10.1. The van der Waals surface area contributed by atoms with Gasteiger partial charge in [0, 0.05) is 41.5 Å². The molecule has 1 nitrogen and oxygen atoms in total. The van der Waals surface area contributed by atoms with Crippen LogP contribution in [0.4, 0.5) is 0 Å². The van der Waals surface area contributed by atoms with Crippen LogP contribution in [0.25, 0.3) is 51.6 Å². The summed E-state index contributed by atoms with van der Waals surface area (Å²) in [5.41, 5.74) is 3.82. The molecule has 0 atom stereocenters. The molecule has 0 saturated carbocycles. The van der Waals surface area contributed by atoms with Gasteiger partial charge in [0.05, 0.1) is 10.4 Å². The molecule has 0 spiro atoms. The minimum absolute atomic E-state index is 0.0927. The minimum Gasteiger partial charge on any atom is -0.255 e. The third-order valence-electron chi connectivity index (χ3n) is 5.78. The van der Waals surface area contributed by atoms with E-state index in [1.54, 1.807) is 0 Å². The molecule has 148 valence electrons. The quantitative estimate of drug-likeness (QED) is 0.247. The van der Waals surface area contributed by atoms with Gasteiger partial charge in [0.2, 0.25) is 0 Å². The summed E-state index contributed by atoms with van der Waals surface area (Å²) in [5, 5.41) is 7.53. The van der Waals surface area contributed by atoms with Gasteiger partial charge in [-0.25, -0.2) is 0 Å². The van der Waals surface area contributed by atoms with Gasteiger partial charge in [-0.05, 0) is 76.5 Å². The highest BCUT2D eigenvalue weighted by Gasteiger charge is 2.21. The number of rotatable bonds is 1. The van der Waals surface area contributed by atoms with Crippen molar-refractivity contribution >= 4 is 74.4 Å². The van der Waals surface area contributed by atoms with Gasteiger partial charge >= 0.3 is 0 Å². The van der Waals surface area contributed by atoms with E-state index in [-0.39, 0.29) is 5.41 Å². The summed E-state index contributed by atoms with van der Waals surface area (Å²) in [6, 6.07) is 16.1. The number of fused-ring (bicyclic) bond motifs is 5. The van der Waals surface area contributed by atoms with Gasteiger partial charge in [0.1, 0.15) is 0 Å². The Morgan fingerprint density at radius 1 is 0.800 bits per heavy atom. The van der Waals surface area contributed by atoms with E-state index in [0.717, 1.165) is 5.69 Å². The van der Waals surface area contributed by atoms with E-state index >= 15 is 0 Å². The predicted molar refractivity (Wildman–Crippen MR) is 137 cm³/mol. The predicted octanol–water partition coefficient (Wildman–Crippen LogP) is 9.15. The van der Waals surface area contributed by atoms with Crippen molar-refractivity contribution in [1.29, 1.82) is 0 Å². The highest BCUT2D eigenvalue weighted by Crippen LogP contribution is 2.43. The summed E-state index contributed by atoms with van der Waals surface area (Å²) in [7, 11) is 0.